The quantitative estimate of drug-likeness (QED) is 0.504. The third-order valence-electron chi connectivity index (χ3n) is 10.4. The molecule has 2 N–H and O–H groups in total. The SMILES string of the molecule is C[C@H](CCC(=O)NCCS(=O)(=O)O)[C@H]1CC[C@H]2C3C(=O)C[C@@H]4CC(=O)CC[C@]4(C)[C@H]3CC(=O)[C@]12C. The van der Waals surface area contributed by atoms with Gasteiger partial charge in [0, 0.05) is 50.0 Å². The molecule has 0 bridgehead atoms. The molecule has 0 saturated heterocycles. The van der Waals surface area contributed by atoms with Crippen molar-refractivity contribution in [2.45, 2.75) is 78.6 Å². The topological polar surface area (TPSA) is 135 Å². The second kappa shape index (κ2) is 9.36. The predicted octanol–water partition coefficient (Wildman–Crippen LogP) is 2.99. The zero-order valence-electron chi connectivity index (χ0n) is 21.0. The van der Waals surface area contributed by atoms with E-state index in [2.05, 4.69) is 19.2 Å². The molecule has 35 heavy (non-hydrogen) atoms. The van der Waals surface area contributed by atoms with E-state index in [-0.39, 0.29) is 77.1 Å². The van der Waals surface area contributed by atoms with Crippen LogP contribution in [0.25, 0.3) is 0 Å². The lowest BCUT2D eigenvalue weighted by molar-refractivity contribution is -0.166. The second-order valence-electron chi connectivity index (χ2n) is 12.1. The maximum atomic E-state index is 13.8. The van der Waals surface area contributed by atoms with Gasteiger partial charge in [-0.05, 0) is 60.7 Å². The van der Waals surface area contributed by atoms with Crippen LogP contribution < -0.4 is 5.32 Å². The molecular formula is C26H39NO7S. The van der Waals surface area contributed by atoms with Gasteiger partial charge in [0.2, 0.25) is 5.91 Å². The average Bonchev–Trinajstić information content (AvgIpc) is 3.12. The highest BCUT2D eigenvalue weighted by Crippen LogP contribution is 2.66. The summed E-state index contributed by atoms with van der Waals surface area (Å²) >= 11 is 0. The highest BCUT2D eigenvalue weighted by Gasteiger charge is 2.66. The number of nitrogens with one attached hydrogen (secondary N) is 1. The smallest absolute Gasteiger partial charge is 0.266 e. The number of hydrogen-bond acceptors (Lipinski definition) is 6. The molecule has 0 aliphatic heterocycles. The summed E-state index contributed by atoms with van der Waals surface area (Å²) in [5, 5.41) is 2.52. The van der Waals surface area contributed by atoms with Crippen molar-refractivity contribution in [1.29, 1.82) is 0 Å². The third-order valence-corrected chi connectivity index (χ3v) is 11.1. The van der Waals surface area contributed by atoms with Crippen molar-refractivity contribution in [2.24, 2.45) is 46.3 Å². The molecule has 0 radical (unpaired) electrons. The van der Waals surface area contributed by atoms with E-state index >= 15 is 0 Å². The Kier molecular flexibility index (Phi) is 7.07. The summed E-state index contributed by atoms with van der Waals surface area (Å²) in [6, 6.07) is 0. The van der Waals surface area contributed by atoms with E-state index in [4.69, 9.17) is 4.55 Å². The van der Waals surface area contributed by atoms with E-state index < -0.39 is 21.3 Å². The lowest BCUT2D eigenvalue weighted by Gasteiger charge is -2.58. The first-order valence-electron chi connectivity index (χ1n) is 13.1. The molecule has 1 unspecified atom stereocenters. The Balaban J connectivity index is 1.45. The number of fused-ring (bicyclic) bond motifs is 5. The van der Waals surface area contributed by atoms with Crippen LogP contribution in [0.15, 0.2) is 0 Å². The maximum Gasteiger partial charge on any atom is 0.266 e. The minimum atomic E-state index is -4.12. The van der Waals surface area contributed by atoms with E-state index in [0.29, 0.717) is 32.1 Å². The molecule has 0 spiro atoms. The van der Waals surface area contributed by atoms with Crippen molar-refractivity contribution in [3.63, 3.8) is 0 Å². The standard InChI is InChI=1S/C26H39NO7S/c1-15(4-7-23(31)27-10-11-35(32,33)34)18-5-6-19-24-20(14-22(30)26(18,19)3)25(2)9-8-17(28)12-16(25)13-21(24)29/h15-16,18-20,24H,4-14H2,1-3H3,(H,27,31)(H,32,33,34)/t15-,16+,18-,19+,20+,24?,25+,26-/m1/s1. The summed E-state index contributed by atoms with van der Waals surface area (Å²) in [5.74, 6) is 0.108. The van der Waals surface area contributed by atoms with E-state index in [1.807, 2.05) is 6.92 Å². The first kappa shape index (κ1) is 26.5. The summed E-state index contributed by atoms with van der Waals surface area (Å²) in [6.07, 6.45) is 5.13. The molecule has 0 heterocycles. The van der Waals surface area contributed by atoms with Gasteiger partial charge in [-0.1, -0.05) is 20.8 Å². The molecule has 0 aromatic rings. The van der Waals surface area contributed by atoms with Crippen LogP contribution in [-0.4, -0.2) is 48.5 Å². The minimum Gasteiger partial charge on any atom is -0.355 e. The van der Waals surface area contributed by atoms with Crippen LogP contribution in [0.5, 0.6) is 0 Å². The van der Waals surface area contributed by atoms with Crippen LogP contribution >= 0.6 is 0 Å². The molecule has 8 nitrogen and oxygen atoms in total. The second-order valence-corrected chi connectivity index (χ2v) is 13.7. The number of amides is 1. The van der Waals surface area contributed by atoms with Gasteiger partial charge in [-0.2, -0.15) is 8.42 Å². The van der Waals surface area contributed by atoms with Crippen molar-refractivity contribution in [3.8, 4) is 0 Å². The molecule has 9 heteroatoms. The Bertz CT molecular complexity index is 1020. The van der Waals surface area contributed by atoms with Gasteiger partial charge in [0.25, 0.3) is 10.1 Å². The zero-order chi connectivity index (χ0) is 25.8. The molecule has 4 aliphatic rings. The summed E-state index contributed by atoms with van der Waals surface area (Å²) in [5.41, 5.74) is -0.710. The number of carbonyl (C=O) groups is 4. The molecule has 4 saturated carbocycles. The average molecular weight is 510 g/mol. The van der Waals surface area contributed by atoms with E-state index in [0.717, 1.165) is 19.3 Å². The number of rotatable bonds is 7. The fraction of sp³-hybridized carbons (Fsp3) is 0.846. The first-order chi connectivity index (χ1) is 16.3. The molecule has 1 amide bonds. The van der Waals surface area contributed by atoms with E-state index in [9.17, 15) is 27.6 Å². The Morgan fingerprint density at radius 3 is 2.51 bits per heavy atom. The predicted molar refractivity (Wildman–Crippen MR) is 129 cm³/mol. The van der Waals surface area contributed by atoms with Crippen LogP contribution in [0.1, 0.15) is 78.6 Å². The van der Waals surface area contributed by atoms with Crippen molar-refractivity contribution >= 4 is 33.4 Å². The van der Waals surface area contributed by atoms with Gasteiger partial charge < -0.3 is 5.32 Å². The fourth-order valence-corrected chi connectivity index (χ4v) is 8.72. The molecule has 0 aromatic heterocycles. The fourth-order valence-electron chi connectivity index (χ4n) is 8.36. The van der Waals surface area contributed by atoms with Crippen LogP contribution in [0, 0.1) is 46.3 Å². The van der Waals surface area contributed by atoms with Crippen LogP contribution in [0.4, 0.5) is 0 Å². The molecule has 0 aromatic carbocycles. The highest BCUT2D eigenvalue weighted by molar-refractivity contribution is 7.85. The summed E-state index contributed by atoms with van der Waals surface area (Å²) in [7, 11) is -4.12. The van der Waals surface area contributed by atoms with E-state index in [1.165, 1.54) is 0 Å². The molecule has 4 fully saturated rings. The van der Waals surface area contributed by atoms with Crippen molar-refractivity contribution in [1.82, 2.24) is 5.32 Å². The normalized spacial score (nSPS) is 40.0. The van der Waals surface area contributed by atoms with Gasteiger partial charge in [-0.15, -0.1) is 0 Å². The third kappa shape index (κ3) is 4.75. The highest BCUT2D eigenvalue weighted by atomic mass is 32.2. The lowest BCUT2D eigenvalue weighted by Crippen LogP contribution is -2.60. The number of Topliss-reactive ketones (excluding diaryl/α,β-unsaturated/α-hetero) is 3. The van der Waals surface area contributed by atoms with Gasteiger partial charge in [-0.3, -0.25) is 23.7 Å². The maximum absolute atomic E-state index is 13.8. The van der Waals surface area contributed by atoms with Gasteiger partial charge in [-0.25, -0.2) is 0 Å². The summed E-state index contributed by atoms with van der Waals surface area (Å²) in [6.45, 7) is 6.18. The van der Waals surface area contributed by atoms with Gasteiger partial charge in [0.1, 0.15) is 17.3 Å². The first-order valence-corrected chi connectivity index (χ1v) is 14.7. The number of ketones is 3. The number of hydrogen-bond donors (Lipinski definition) is 2. The Morgan fingerprint density at radius 2 is 1.83 bits per heavy atom. The van der Waals surface area contributed by atoms with Crippen LogP contribution in [-0.2, 0) is 29.3 Å². The molecular weight excluding hydrogens is 470 g/mol. The minimum absolute atomic E-state index is 0.0210. The Hall–Kier alpha value is -1.61. The van der Waals surface area contributed by atoms with Gasteiger partial charge >= 0.3 is 0 Å². The monoisotopic (exact) mass is 509 g/mol. The van der Waals surface area contributed by atoms with E-state index in [1.54, 1.807) is 0 Å². The van der Waals surface area contributed by atoms with Gasteiger partial charge in [0.15, 0.2) is 0 Å². The van der Waals surface area contributed by atoms with Crippen molar-refractivity contribution < 1.29 is 32.1 Å². The Morgan fingerprint density at radius 1 is 1.11 bits per heavy atom. The Labute approximate surface area is 208 Å². The van der Waals surface area contributed by atoms with Crippen molar-refractivity contribution in [3.05, 3.63) is 0 Å². The van der Waals surface area contributed by atoms with Crippen molar-refractivity contribution in [2.75, 3.05) is 12.3 Å². The molecule has 4 rings (SSSR count). The number of carbonyl (C=O) groups excluding carboxylic acids is 4. The van der Waals surface area contributed by atoms with Gasteiger partial charge in [0.05, 0.1) is 5.75 Å². The summed E-state index contributed by atoms with van der Waals surface area (Å²) < 4.78 is 30.4. The zero-order valence-corrected chi connectivity index (χ0v) is 21.9. The largest absolute Gasteiger partial charge is 0.355 e. The molecule has 4 aliphatic carbocycles. The lowest BCUT2D eigenvalue weighted by atomic mass is 9.44. The summed E-state index contributed by atoms with van der Waals surface area (Å²) in [4.78, 5) is 51.5. The molecule has 196 valence electrons. The van der Waals surface area contributed by atoms with Crippen LogP contribution in [0.2, 0.25) is 0 Å². The van der Waals surface area contributed by atoms with Crippen LogP contribution in [0.3, 0.4) is 0 Å². The molecule has 8 atom stereocenters.